The number of thiophene rings is 1. The molecule has 0 spiro atoms. The van der Waals surface area contributed by atoms with Gasteiger partial charge < -0.3 is 4.57 Å². The maximum Gasteiger partial charge on any atom is 0.193 e. The van der Waals surface area contributed by atoms with Crippen molar-refractivity contribution in [3.05, 3.63) is 53.4 Å². The van der Waals surface area contributed by atoms with E-state index in [1.54, 1.807) is 22.7 Å². The van der Waals surface area contributed by atoms with Crippen molar-refractivity contribution < 1.29 is 0 Å². The third kappa shape index (κ3) is 1.89. The highest BCUT2D eigenvalue weighted by Crippen LogP contribution is 2.23. The van der Waals surface area contributed by atoms with Gasteiger partial charge in [-0.05, 0) is 11.4 Å². The van der Waals surface area contributed by atoms with Crippen molar-refractivity contribution in [3.63, 3.8) is 0 Å². The van der Waals surface area contributed by atoms with E-state index >= 15 is 0 Å². The Labute approximate surface area is 117 Å². The monoisotopic (exact) mass is 286 g/mol. The lowest BCUT2D eigenvalue weighted by Crippen LogP contribution is -2.00. The minimum Gasteiger partial charge on any atom is -0.324 e. The Hall–Kier alpha value is -1.92. The van der Waals surface area contributed by atoms with Crippen molar-refractivity contribution in [1.29, 1.82) is 0 Å². The Bertz CT molecular complexity index is 778. The maximum atomic E-state index is 4.61. The maximum absolute atomic E-state index is 4.61. The third-order valence-corrected chi connectivity index (χ3v) is 4.57. The van der Waals surface area contributed by atoms with Gasteiger partial charge >= 0.3 is 0 Å². The summed E-state index contributed by atoms with van der Waals surface area (Å²) in [5, 5.41) is 4.11. The normalized spacial score (nSPS) is 11.4. The van der Waals surface area contributed by atoms with Crippen molar-refractivity contribution in [2.45, 2.75) is 6.54 Å². The highest BCUT2D eigenvalue weighted by atomic mass is 32.1. The van der Waals surface area contributed by atoms with E-state index in [0.29, 0.717) is 0 Å². The van der Waals surface area contributed by atoms with Crippen LogP contribution in [-0.2, 0) is 6.54 Å². The predicted octanol–water partition coefficient (Wildman–Crippen LogP) is 3.37. The fourth-order valence-electron chi connectivity index (χ4n) is 2.09. The molecule has 0 aliphatic carbocycles. The molecule has 0 amide bonds. The van der Waals surface area contributed by atoms with Gasteiger partial charge in [0.05, 0.1) is 17.1 Å². The highest BCUT2D eigenvalue weighted by molar-refractivity contribution is 7.15. The molecule has 4 aromatic heterocycles. The zero-order valence-electron chi connectivity index (χ0n) is 9.93. The summed E-state index contributed by atoms with van der Waals surface area (Å²) in [5.41, 5.74) is 1.06. The molecular formula is C13H10N4S2. The van der Waals surface area contributed by atoms with Gasteiger partial charge in [-0.15, -0.1) is 22.7 Å². The topological polar surface area (TPSA) is 35.1 Å². The van der Waals surface area contributed by atoms with E-state index in [-0.39, 0.29) is 0 Å². The minimum atomic E-state index is 0.752. The first-order valence-corrected chi connectivity index (χ1v) is 7.62. The summed E-state index contributed by atoms with van der Waals surface area (Å²) in [6.45, 7) is 0.752. The van der Waals surface area contributed by atoms with Crippen LogP contribution in [0.15, 0.2) is 47.7 Å². The van der Waals surface area contributed by atoms with Crippen molar-refractivity contribution in [2.75, 3.05) is 0 Å². The third-order valence-electron chi connectivity index (χ3n) is 2.93. The molecule has 0 radical (unpaired) electrons. The Morgan fingerprint density at radius 3 is 3.00 bits per heavy atom. The van der Waals surface area contributed by atoms with Crippen molar-refractivity contribution in [2.24, 2.45) is 0 Å². The second kappa shape index (κ2) is 4.32. The molecule has 0 aliphatic rings. The molecule has 0 bridgehead atoms. The first-order valence-electron chi connectivity index (χ1n) is 5.86. The lowest BCUT2D eigenvalue weighted by atomic mass is 10.4. The molecule has 94 valence electrons. The quantitative estimate of drug-likeness (QED) is 0.579. The van der Waals surface area contributed by atoms with Crippen LogP contribution in [0.25, 0.3) is 15.7 Å². The van der Waals surface area contributed by atoms with Gasteiger partial charge in [0.15, 0.2) is 4.96 Å². The minimum absolute atomic E-state index is 0.752. The lowest BCUT2D eigenvalue weighted by Gasteiger charge is -2.03. The fraction of sp³-hybridized carbons (Fsp3) is 0.0769. The molecule has 0 fully saturated rings. The second-order valence-corrected chi connectivity index (χ2v) is 6.00. The molecular weight excluding hydrogens is 276 g/mol. The van der Waals surface area contributed by atoms with Crippen molar-refractivity contribution in [1.82, 2.24) is 18.9 Å². The summed E-state index contributed by atoms with van der Waals surface area (Å²) in [4.78, 5) is 11.3. The number of rotatable bonds is 3. The SMILES string of the molecule is c1csc(-c2nccn2Cc2cn3ccsc3n2)c1. The average molecular weight is 286 g/mol. The lowest BCUT2D eigenvalue weighted by molar-refractivity contribution is 0.790. The highest BCUT2D eigenvalue weighted by Gasteiger charge is 2.09. The van der Waals surface area contributed by atoms with E-state index in [4.69, 9.17) is 0 Å². The molecule has 19 heavy (non-hydrogen) atoms. The summed E-state index contributed by atoms with van der Waals surface area (Å²) < 4.78 is 4.19. The van der Waals surface area contributed by atoms with Crippen LogP contribution in [0.1, 0.15) is 5.69 Å². The molecule has 0 aliphatic heterocycles. The van der Waals surface area contributed by atoms with E-state index in [1.807, 2.05) is 30.0 Å². The van der Waals surface area contributed by atoms with E-state index < -0.39 is 0 Å². The van der Waals surface area contributed by atoms with Crippen LogP contribution < -0.4 is 0 Å². The van der Waals surface area contributed by atoms with E-state index in [0.717, 1.165) is 23.0 Å². The fourth-order valence-corrected chi connectivity index (χ4v) is 3.55. The first kappa shape index (κ1) is 11.0. The van der Waals surface area contributed by atoms with E-state index in [1.165, 1.54) is 4.88 Å². The van der Waals surface area contributed by atoms with Crippen LogP contribution in [0.3, 0.4) is 0 Å². The van der Waals surface area contributed by atoms with Crippen molar-refractivity contribution >= 4 is 27.6 Å². The van der Waals surface area contributed by atoms with E-state index in [9.17, 15) is 0 Å². The molecule has 4 rings (SSSR count). The summed E-state index contributed by atoms with van der Waals surface area (Å²) in [7, 11) is 0. The molecule has 4 aromatic rings. The molecule has 6 heteroatoms. The zero-order valence-corrected chi connectivity index (χ0v) is 11.6. The van der Waals surface area contributed by atoms with Crippen LogP contribution in [-0.4, -0.2) is 18.9 Å². The zero-order chi connectivity index (χ0) is 12.7. The molecule has 0 saturated carbocycles. The molecule has 0 atom stereocenters. The van der Waals surface area contributed by atoms with E-state index in [2.05, 4.69) is 36.6 Å². The Kier molecular flexibility index (Phi) is 2.49. The second-order valence-electron chi connectivity index (χ2n) is 4.18. The predicted molar refractivity (Wildman–Crippen MR) is 77.7 cm³/mol. The molecule has 0 N–H and O–H groups in total. The summed E-state index contributed by atoms with van der Waals surface area (Å²) in [6, 6.07) is 4.14. The molecule has 4 nitrogen and oxygen atoms in total. The number of thiazole rings is 1. The van der Waals surface area contributed by atoms with Gasteiger partial charge in [0.25, 0.3) is 0 Å². The number of fused-ring (bicyclic) bond motifs is 1. The smallest absolute Gasteiger partial charge is 0.193 e. The Balaban J connectivity index is 1.70. The summed E-state index contributed by atoms with van der Waals surface area (Å²) in [5.74, 6) is 1.01. The Morgan fingerprint density at radius 2 is 2.16 bits per heavy atom. The van der Waals surface area contributed by atoms with Gasteiger partial charge in [-0.25, -0.2) is 9.97 Å². The number of hydrogen-bond donors (Lipinski definition) is 0. The Morgan fingerprint density at radius 1 is 1.16 bits per heavy atom. The van der Waals surface area contributed by atoms with Crippen LogP contribution in [0.5, 0.6) is 0 Å². The average Bonchev–Trinajstić information content (AvgIpc) is 3.12. The van der Waals surface area contributed by atoms with Gasteiger partial charge in [-0.1, -0.05) is 6.07 Å². The van der Waals surface area contributed by atoms with Gasteiger partial charge in [-0.3, -0.25) is 4.40 Å². The summed E-state index contributed by atoms with van der Waals surface area (Å²) in [6.07, 6.45) is 7.95. The van der Waals surface area contributed by atoms with Crippen LogP contribution in [0, 0.1) is 0 Å². The van der Waals surface area contributed by atoms with Gasteiger partial charge in [0.1, 0.15) is 5.82 Å². The number of aromatic nitrogens is 4. The molecule has 4 heterocycles. The number of nitrogens with zero attached hydrogens (tertiary/aromatic N) is 4. The van der Waals surface area contributed by atoms with Crippen molar-refractivity contribution in [3.8, 4) is 10.7 Å². The largest absolute Gasteiger partial charge is 0.324 e. The first-order chi connectivity index (χ1) is 9.40. The van der Waals surface area contributed by atoms with Gasteiger partial charge in [-0.2, -0.15) is 0 Å². The summed E-state index contributed by atoms with van der Waals surface area (Å²) >= 11 is 3.36. The van der Waals surface area contributed by atoms with Gasteiger partial charge in [0.2, 0.25) is 0 Å². The standard InChI is InChI=1S/C13H10N4S2/c1-2-11(18-6-1)12-14-3-4-16(12)8-10-9-17-5-7-19-13(17)15-10/h1-7,9H,8H2. The molecule has 0 aromatic carbocycles. The molecule has 0 saturated heterocycles. The van der Waals surface area contributed by atoms with Crippen LogP contribution >= 0.6 is 22.7 Å². The van der Waals surface area contributed by atoms with Gasteiger partial charge in [0, 0.05) is 30.2 Å². The number of hydrogen-bond acceptors (Lipinski definition) is 4. The van der Waals surface area contributed by atoms with Crippen LogP contribution in [0.4, 0.5) is 0 Å². The molecule has 0 unspecified atom stereocenters. The number of imidazole rings is 2. The van der Waals surface area contributed by atoms with Crippen LogP contribution in [0.2, 0.25) is 0 Å².